The predicted octanol–water partition coefficient (Wildman–Crippen LogP) is 3.50. The van der Waals surface area contributed by atoms with Crippen LogP contribution in [-0.2, 0) is 5.41 Å². The molecule has 1 aromatic heterocycles. The second-order valence-corrected chi connectivity index (χ2v) is 6.09. The second kappa shape index (κ2) is 4.16. The molecule has 2 heteroatoms. The van der Waals surface area contributed by atoms with Crippen molar-refractivity contribution in [1.29, 1.82) is 0 Å². The van der Waals surface area contributed by atoms with Gasteiger partial charge in [-0.05, 0) is 49.9 Å². The van der Waals surface area contributed by atoms with Gasteiger partial charge in [0.25, 0.3) is 0 Å². The minimum absolute atomic E-state index is 0.196. The van der Waals surface area contributed by atoms with E-state index < -0.39 is 0 Å². The van der Waals surface area contributed by atoms with Crippen molar-refractivity contribution in [3.63, 3.8) is 0 Å². The molecule has 0 saturated heterocycles. The highest BCUT2D eigenvalue weighted by Gasteiger charge is 2.69. The Bertz CT molecular complexity index is 393. The van der Waals surface area contributed by atoms with E-state index in [1.54, 1.807) is 0 Å². The van der Waals surface area contributed by atoms with Gasteiger partial charge < -0.3 is 9.73 Å². The van der Waals surface area contributed by atoms with Gasteiger partial charge in [-0.2, -0.15) is 0 Å². The Labute approximate surface area is 105 Å². The third kappa shape index (κ3) is 1.83. The van der Waals surface area contributed by atoms with Gasteiger partial charge in [-0.25, -0.2) is 0 Å². The van der Waals surface area contributed by atoms with Crippen LogP contribution in [0.4, 0.5) is 0 Å². The number of aryl methyl sites for hydroxylation is 1. The molecule has 1 aliphatic carbocycles. The van der Waals surface area contributed by atoms with Gasteiger partial charge in [0.15, 0.2) is 0 Å². The van der Waals surface area contributed by atoms with Gasteiger partial charge in [0.2, 0.25) is 0 Å². The largest absolute Gasteiger partial charge is 0.466 e. The van der Waals surface area contributed by atoms with Crippen molar-refractivity contribution in [2.75, 3.05) is 13.1 Å². The molecule has 17 heavy (non-hydrogen) atoms. The van der Waals surface area contributed by atoms with Crippen molar-refractivity contribution in [3.05, 3.63) is 23.7 Å². The second-order valence-electron chi connectivity index (χ2n) is 6.09. The molecular weight excluding hydrogens is 210 g/mol. The van der Waals surface area contributed by atoms with E-state index in [1.165, 1.54) is 6.42 Å². The number of nitrogens with one attached hydrogen (secondary N) is 1. The lowest BCUT2D eigenvalue weighted by molar-refractivity contribution is 0.399. The molecule has 0 amide bonds. The molecule has 2 unspecified atom stereocenters. The maximum Gasteiger partial charge on any atom is 0.110 e. The van der Waals surface area contributed by atoms with Crippen LogP contribution < -0.4 is 5.32 Å². The summed E-state index contributed by atoms with van der Waals surface area (Å²) >= 11 is 0. The van der Waals surface area contributed by atoms with E-state index in [1.807, 2.05) is 6.92 Å². The van der Waals surface area contributed by atoms with Crippen LogP contribution in [0, 0.1) is 18.3 Å². The van der Waals surface area contributed by atoms with Gasteiger partial charge in [0.1, 0.15) is 11.5 Å². The summed E-state index contributed by atoms with van der Waals surface area (Å²) in [5.41, 5.74) is 0.528. The maximum atomic E-state index is 5.85. The van der Waals surface area contributed by atoms with E-state index in [0.717, 1.165) is 24.6 Å². The van der Waals surface area contributed by atoms with Crippen molar-refractivity contribution in [2.45, 2.75) is 46.5 Å². The molecule has 1 heterocycles. The number of rotatable bonds is 5. The summed E-state index contributed by atoms with van der Waals surface area (Å²) in [5.74, 6) is 2.85. The molecule has 1 aliphatic rings. The highest BCUT2D eigenvalue weighted by Crippen LogP contribution is 2.69. The van der Waals surface area contributed by atoms with Crippen LogP contribution in [0.25, 0.3) is 0 Å². The first-order valence-corrected chi connectivity index (χ1v) is 6.72. The van der Waals surface area contributed by atoms with E-state index in [2.05, 4.69) is 45.1 Å². The highest BCUT2D eigenvalue weighted by atomic mass is 16.3. The highest BCUT2D eigenvalue weighted by molar-refractivity contribution is 5.34. The maximum absolute atomic E-state index is 5.85. The molecule has 1 aromatic rings. The summed E-state index contributed by atoms with van der Waals surface area (Å²) in [6.45, 7) is 13.5. The van der Waals surface area contributed by atoms with Crippen LogP contribution >= 0.6 is 0 Å². The van der Waals surface area contributed by atoms with E-state index >= 15 is 0 Å². The van der Waals surface area contributed by atoms with Crippen LogP contribution in [0.15, 0.2) is 16.5 Å². The van der Waals surface area contributed by atoms with E-state index in [-0.39, 0.29) is 5.41 Å². The van der Waals surface area contributed by atoms with Gasteiger partial charge >= 0.3 is 0 Å². The van der Waals surface area contributed by atoms with Crippen LogP contribution in [-0.4, -0.2) is 13.1 Å². The van der Waals surface area contributed by atoms with Crippen LogP contribution in [0.5, 0.6) is 0 Å². The molecule has 0 bridgehead atoms. The summed E-state index contributed by atoms with van der Waals surface area (Å²) in [6, 6.07) is 4.22. The summed E-state index contributed by atoms with van der Waals surface area (Å²) in [4.78, 5) is 0. The topological polar surface area (TPSA) is 25.2 Å². The molecule has 1 saturated carbocycles. The fraction of sp³-hybridized carbons (Fsp3) is 0.733. The molecule has 2 nitrogen and oxygen atoms in total. The molecular formula is C15H25NO. The molecule has 2 rings (SSSR count). The van der Waals surface area contributed by atoms with Gasteiger partial charge in [0.05, 0.1) is 0 Å². The van der Waals surface area contributed by atoms with Gasteiger partial charge in [-0.15, -0.1) is 0 Å². The van der Waals surface area contributed by atoms with Gasteiger partial charge in [-0.3, -0.25) is 0 Å². The monoisotopic (exact) mass is 235 g/mol. The van der Waals surface area contributed by atoms with Crippen molar-refractivity contribution in [2.24, 2.45) is 11.3 Å². The summed E-state index contributed by atoms with van der Waals surface area (Å²) in [5, 5.41) is 3.54. The minimum Gasteiger partial charge on any atom is -0.466 e. The average Bonchev–Trinajstić information content (AvgIpc) is 2.64. The predicted molar refractivity (Wildman–Crippen MR) is 71.2 cm³/mol. The third-order valence-electron chi connectivity index (χ3n) is 4.85. The van der Waals surface area contributed by atoms with E-state index in [0.29, 0.717) is 11.3 Å². The smallest absolute Gasteiger partial charge is 0.110 e. The first-order valence-electron chi connectivity index (χ1n) is 6.72. The lowest BCUT2D eigenvalue weighted by atomic mass is 9.95. The molecule has 0 radical (unpaired) electrons. The molecule has 0 aromatic carbocycles. The molecule has 1 N–H and O–H groups in total. The van der Waals surface area contributed by atoms with E-state index in [4.69, 9.17) is 4.42 Å². The normalized spacial score (nSPS) is 30.5. The Balaban J connectivity index is 2.10. The van der Waals surface area contributed by atoms with Crippen molar-refractivity contribution < 1.29 is 4.42 Å². The lowest BCUT2D eigenvalue weighted by Crippen LogP contribution is -2.20. The minimum atomic E-state index is 0.196. The molecule has 0 aliphatic heterocycles. The zero-order valence-electron chi connectivity index (χ0n) is 11.8. The van der Waals surface area contributed by atoms with Crippen LogP contribution in [0.1, 0.15) is 45.6 Å². The number of hydrogen-bond donors (Lipinski definition) is 1. The van der Waals surface area contributed by atoms with E-state index in [9.17, 15) is 0 Å². The number of hydrogen-bond acceptors (Lipinski definition) is 2. The first-order chi connectivity index (χ1) is 7.94. The molecule has 0 spiro atoms. The fourth-order valence-corrected chi connectivity index (χ4v) is 3.19. The first kappa shape index (κ1) is 12.7. The standard InChI is InChI=1S/C15H25NO/c1-6-9-16-10-12-14(3,4)15(12,5)13-8-7-11(2)17-13/h7-8,12,16H,6,9-10H2,1-5H3. The summed E-state index contributed by atoms with van der Waals surface area (Å²) in [6.07, 6.45) is 1.20. The van der Waals surface area contributed by atoms with Crippen molar-refractivity contribution in [3.8, 4) is 0 Å². The van der Waals surface area contributed by atoms with Crippen LogP contribution in [0.2, 0.25) is 0 Å². The Hall–Kier alpha value is -0.760. The quantitative estimate of drug-likeness (QED) is 0.790. The molecule has 2 atom stereocenters. The van der Waals surface area contributed by atoms with Gasteiger partial charge in [0, 0.05) is 5.41 Å². The number of furan rings is 1. The van der Waals surface area contributed by atoms with Gasteiger partial charge in [-0.1, -0.05) is 27.7 Å². The molecule has 96 valence electrons. The lowest BCUT2D eigenvalue weighted by Gasteiger charge is -2.11. The van der Waals surface area contributed by atoms with Crippen molar-refractivity contribution >= 4 is 0 Å². The Morgan fingerprint density at radius 2 is 2.00 bits per heavy atom. The van der Waals surface area contributed by atoms with Crippen molar-refractivity contribution in [1.82, 2.24) is 5.32 Å². The average molecular weight is 235 g/mol. The Morgan fingerprint density at radius 1 is 1.29 bits per heavy atom. The summed E-state index contributed by atoms with van der Waals surface area (Å²) < 4.78 is 5.85. The zero-order valence-corrected chi connectivity index (χ0v) is 11.8. The summed E-state index contributed by atoms with van der Waals surface area (Å²) in [7, 11) is 0. The zero-order chi connectivity index (χ0) is 12.7. The fourth-order valence-electron chi connectivity index (χ4n) is 3.19. The Kier molecular flexibility index (Phi) is 3.11. The third-order valence-corrected chi connectivity index (χ3v) is 4.85. The van der Waals surface area contributed by atoms with Crippen LogP contribution in [0.3, 0.4) is 0 Å². The molecule has 1 fully saturated rings. The Morgan fingerprint density at radius 3 is 2.53 bits per heavy atom. The SMILES string of the molecule is CCCNCC1C(C)(C)C1(C)c1ccc(C)o1.